The number of aromatic nitrogens is 2. The lowest BCUT2D eigenvalue weighted by Gasteiger charge is -2.11. The van der Waals surface area contributed by atoms with Crippen molar-refractivity contribution in [2.75, 3.05) is 11.9 Å². The summed E-state index contributed by atoms with van der Waals surface area (Å²) in [6.07, 6.45) is 2.45. The molecule has 0 aromatic carbocycles. The van der Waals surface area contributed by atoms with Crippen LogP contribution in [0.2, 0.25) is 0 Å². The molecule has 1 aromatic rings. The molecule has 0 saturated heterocycles. The molecule has 1 saturated carbocycles. The minimum Gasteiger partial charge on any atom is -0.368 e. The van der Waals surface area contributed by atoms with Gasteiger partial charge in [-0.2, -0.15) is 0 Å². The summed E-state index contributed by atoms with van der Waals surface area (Å²) in [5.74, 6) is 1.87. The number of hydrogen-bond acceptors (Lipinski definition) is 4. The van der Waals surface area contributed by atoms with Crippen molar-refractivity contribution in [2.45, 2.75) is 25.8 Å². The molecule has 0 amide bonds. The first kappa shape index (κ1) is 10.2. The standard InChI is InChI=1S/C10H16N4O/c1-6-13-9(4-10(15)14-6)12-5-8(11)7-2-3-7/h4,7-8H,2-3,5,11H2,1H3,(H2,12,13,14,15). The van der Waals surface area contributed by atoms with Crippen LogP contribution in [0.3, 0.4) is 0 Å². The number of nitrogens with one attached hydrogen (secondary N) is 2. The van der Waals surface area contributed by atoms with Crippen LogP contribution in [0.15, 0.2) is 10.9 Å². The molecule has 15 heavy (non-hydrogen) atoms. The van der Waals surface area contributed by atoms with Crippen molar-refractivity contribution in [1.29, 1.82) is 0 Å². The van der Waals surface area contributed by atoms with Crippen LogP contribution >= 0.6 is 0 Å². The van der Waals surface area contributed by atoms with Crippen LogP contribution in [0.1, 0.15) is 18.7 Å². The van der Waals surface area contributed by atoms with E-state index >= 15 is 0 Å². The fraction of sp³-hybridized carbons (Fsp3) is 0.600. The third kappa shape index (κ3) is 2.79. The lowest BCUT2D eigenvalue weighted by molar-refractivity contribution is 0.619. The molecule has 1 heterocycles. The molecule has 1 aromatic heterocycles. The van der Waals surface area contributed by atoms with Crippen molar-refractivity contribution in [3.8, 4) is 0 Å². The Labute approximate surface area is 88.1 Å². The Bertz CT molecular complexity index is 397. The van der Waals surface area contributed by atoms with Gasteiger partial charge in [-0.25, -0.2) is 4.98 Å². The lowest BCUT2D eigenvalue weighted by Crippen LogP contribution is -2.31. The molecule has 82 valence electrons. The van der Waals surface area contributed by atoms with Gasteiger partial charge in [0.2, 0.25) is 0 Å². The summed E-state index contributed by atoms with van der Waals surface area (Å²) in [5.41, 5.74) is 5.79. The van der Waals surface area contributed by atoms with E-state index in [4.69, 9.17) is 5.73 Å². The molecule has 4 N–H and O–H groups in total. The molecule has 0 bridgehead atoms. The van der Waals surface area contributed by atoms with Crippen LogP contribution in [0.4, 0.5) is 5.82 Å². The Hall–Kier alpha value is -1.36. The highest BCUT2D eigenvalue weighted by atomic mass is 16.1. The Morgan fingerprint density at radius 1 is 1.73 bits per heavy atom. The molecule has 1 aliphatic carbocycles. The topological polar surface area (TPSA) is 83.8 Å². The normalized spacial score (nSPS) is 17.5. The van der Waals surface area contributed by atoms with Crippen molar-refractivity contribution >= 4 is 5.82 Å². The second kappa shape index (κ2) is 4.02. The average molecular weight is 208 g/mol. The van der Waals surface area contributed by atoms with E-state index in [0.717, 1.165) is 0 Å². The minimum absolute atomic E-state index is 0.134. The predicted molar refractivity (Wildman–Crippen MR) is 58.8 cm³/mol. The van der Waals surface area contributed by atoms with Crippen LogP contribution in [0.25, 0.3) is 0 Å². The number of rotatable bonds is 4. The highest BCUT2D eigenvalue weighted by Crippen LogP contribution is 2.31. The van der Waals surface area contributed by atoms with Crippen LogP contribution in [0, 0.1) is 12.8 Å². The van der Waals surface area contributed by atoms with E-state index in [-0.39, 0.29) is 11.6 Å². The van der Waals surface area contributed by atoms with E-state index in [1.807, 2.05) is 0 Å². The van der Waals surface area contributed by atoms with E-state index < -0.39 is 0 Å². The molecule has 2 rings (SSSR count). The van der Waals surface area contributed by atoms with E-state index in [2.05, 4.69) is 15.3 Å². The van der Waals surface area contributed by atoms with Crippen molar-refractivity contribution in [2.24, 2.45) is 11.7 Å². The number of nitrogens with two attached hydrogens (primary N) is 1. The second-order valence-corrected chi connectivity index (χ2v) is 4.10. The summed E-state index contributed by atoms with van der Waals surface area (Å²) < 4.78 is 0. The molecular weight excluding hydrogens is 192 g/mol. The van der Waals surface area contributed by atoms with Gasteiger partial charge in [-0.05, 0) is 25.7 Å². The van der Waals surface area contributed by atoms with Crippen LogP contribution in [0.5, 0.6) is 0 Å². The van der Waals surface area contributed by atoms with Crippen molar-refractivity contribution in [1.82, 2.24) is 9.97 Å². The third-order valence-electron chi connectivity index (χ3n) is 2.61. The second-order valence-electron chi connectivity index (χ2n) is 4.10. The summed E-state index contributed by atoms with van der Waals surface area (Å²) >= 11 is 0. The Morgan fingerprint density at radius 2 is 2.47 bits per heavy atom. The lowest BCUT2D eigenvalue weighted by atomic mass is 10.2. The van der Waals surface area contributed by atoms with Gasteiger partial charge in [0.25, 0.3) is 5.56 Å². The van der Waals surface area contributed by atoms with Gasteiger partial charge in [-0.3, -0.25) is 4.79 Å². The minimum atomic E-state index is -0.134. The fourth-order valence-electron chi connectivity index (χ4n) is 1.58. The van der Waals surface area contributed by atoms with E-state index in [1.165, 1.54) is 18.9 Å². The monoisotopic (exact) mass is 208 g/mol. The molecule has 1 fully saturated rings. The van der Waals surface area contributed by atoms with Crippen molar-refractivity contribution in [3.63, 3.8) is 0 Å². The zero-order chi connectivity index (χ0) is 10.8. The molecule has 0 aliphatic heterocycles. The molecule has 1 aliphatic rings. The number of aryl methyl sites for hydroxylation is 1. The number of aromatic amines is 1. The van der Waals surface area contributed by atoms with Gasteiger partial charge in [0.05, 0.1) is 0 Å². The first-order chi connectivity index (χ1) is 7.15. The van der Waals surface area contributed by atoms with Gasteiger partial charge in [0.15, 0.2) is 0 Å². The third-order valence-corrected chi connectivity index (χ3v) is 2.61. The molecular formula is C10H16N4O. The highest BCUT2D eigenvalue weighted by molar-refractivity contribution is 5.33. The zero-order valence-corrected chi connectivity index (χ0v) is 8.79. The Morgan fingerprint density at radius 3 is 3.07 bits per heavy atom. The summed E-state index contributed by atoms with van der Waals surface area (Å²) in [5, 5.41) is 3.09. The van der Waals surface area contributed by atoms with Gasteiger partial charge < -0.3 is 16.0 Å². The molecule has 5 nitrogen and oxygen atoms in total. The molecule has 0 spiro atoms. The molecule has 1 atom stereocenters. The number of hydrogen-bond donors (Lipinski definition) is 3. The van der Waals surface area contributed by atoms with Crippen molar-refractivity contribution < 1.29 is 0 Å². The van der Waals surface area contributed by atoms with Crippen LogP contribution in [-0.2, 0) is 0 Å². The zero-order valence-electron chi connectivity index (χ0n) is 8.79. The number of anilines is 1. The van der Waals surface area contributed by atoms with Gasteiger partial charge >= 0.3 is 0 Å². The van der Waals surface area contributed by atoms with E-state index in [9.17, 15) is 4.79 Å². The van der Waals surface area contributed by atoms with Gasteiger partial charge in [0, 0.05) is 18.7 Å². The maximum absolute atomic E-state index is 11.1. The predicted octanol–water partition coefficient (Wildman–Crippen LogP) is 0.228. The van der Waals surface area contributed by atoms with Crippen LogP contribution < -0.4 is 16.6 Å². The first-order valence-electron chi connectivity index (χ1n) is 5.22. The number of nitrogens with zero attached hydrogens (tertiary/aromatic N) is 1. The first-order valence-corrected chi connectivity index (χ1v) is 5.22. The van der Waals surface area contributed by atoms with E-state index in [0.29, 0.717) is 24.1 Å². The van der Waals surface area contributed by atoms with Gasteiger partial charge in [0.1, 0.15) is 11.6 Å². The maximum atomic E-state index is 11.1. The largest absolute Gasteiger partial charge is 0.368 e. The Balaban J connectivity index is 1.94. The summed E-state index contributed by atoms with van der Waals surface area (Å²) in [7, 11) is 0. The van der Waals surface area contributed by atoms with Crippen LogP contribution in [-0.4, -0.2) is 22.6 Å². The van der Waals surface area contributed by atoms with E-state index in [1.54, 1.807) is 6.92 Å². The quantitative estimate of drug-likeness (QED) is 0.661. The highest BCUT2D eigenvalue weighted by Gasteiger charge is 2.28. The van der Waals surface area contributed by atoms with Gasteiger partial charge in [-0.15, -0.1) is 0 Å². The van der Waals surface area contributed by atoms with Gasteiger partial charge in [-0.1, -0.05) is 0 Å². The average Bonchev–Trinajstić information content (AvgIpc) is 2.95. The number of H-pyrrole nitrogens is 1. The smallest absolute Gasteiger partial charge is 0.252 e. The SMILES string of the molecule is Cc1nc(NCC(N)C2CC2)cc(=O)[nH]1. The summed E-state index contributed by atoms with van der Waals surface area (Å²) in [6.45, 7) is 2.44. The summed E-state index contributed by atoms with van der Waals surface area (Å²) in [4.78, 5) is 17.9. The molecule has 5 heteroatoms. The summed E-state index contributed by atoms with van der Waals surface area (Å²) in [6, 6.07) is 1.62. The molecule has 1 unspecified atom stereocenters. The van der Waals surface area contributed by atoms with Crippen molar-refractivity contribution in [3.05, 3.63) is 22.2 Å². The maximum Gasteiger partial charge on any atom is 0.252 e. The Kier molecular flexibility index (Phi) is 2.73. The molecule has 0 radical (unpaired) electrons. The fourth-order valence-corrected chi connectivity index (χ4v) is 1.58.